The van der Waals surface area contributed by atoms with Crippen LogP contribution in [0.3, 0.4) is 0 Å². The van der Waals surface area contributed by atoms with Crippen molar-refractivity contribution in [2.24, 2.45) is 5.73 Å². The normalized spacial score (nSPS) is 12.6. The summed E-state index contributed by atoms with van der Waals surface area (Å²) in [6.07, 6.45) is -0.149. The minimum absolute atomic E-state index is 0.0386. The molecule has 1 radical (unpaired) electrons. The van der Waals surface area contributed by atoms with E-state index >= 15 is 0 Å². The highest BCUT2D eigenvalue weighted by molar-refractivity contribution is 7.54. The van der Waals surface area contributed by atoms with Gasteiger partial charge in [0.1, 0.15) is 0 Å². The van der Waals surface area contributed by atoms with E-state index in [0.717, 1.165) is 0 Å². The minimum atomic E-state index is -4.38. The van der Waals surface area contributed by atoms with E-state index in [2.05, 4.69) is 0 Å². The standard InChI is InChI=1S/C3H9NO4P/c4-2-1-3(5)9(6,7)8/h5H,1-2,4H2,(H2,6,7,8). The van der Waals surface area contributed by atoms with Crippen LogP contribution < -0.4 is 5.73 Å². The van der Waals surface area contributed by atoms with Gasteiger partial charge in [-0.1, -0.05) is 0 Å². The van der Waals surface area contributed by atoms with Crippen LogP contribution in [0.2, 0.25) is 0 Å². The number of aliphatic hydroxyl groups is 1. The van der Waals surface area contributed by atoms with Crippen molar-refractivity contribution < 1.29 is 19.5 Å². The predicted octanol–water partition coefficient (Wildman–Crippen LogP) is -0.625. The largest absolute Gasteiger partial charge is 0.375 e. The molecule has 0 saturated carbocycles. The van der Waals surface area contributed by atoms with Crippen LogP contribution in [0.15, 0.2) is 0 Å². The van der Waals surface area contributed by atoms with Crippen LogP contribution in [0.4, 0.5) is 0 Å². The maximum Gasteiger partial charge on any atom is 0.360 e. The number of nitrogens with two attached hydrogens (primary N) is 1. The number of hydrogen-bond donors (Lipinski definition) is 4. The molecule has 0 heterocycles. The van der Waals surface area contributed by atoms with Gasteiger partial charge in [0.2, 0.25) is 5.85 Å². The molecule has 0 saturated heterocycles. The maximum atomic E-state index is 10.1. The van der Waals surface area contributed by atoms with Crippen molar-refractivity contribution in [3.05, 3.63) is 5.85 Å². The summed E-state index contributed by atoms with van der Waals surface area (Å²) >= 11 is 0. The SMILES string of the molecule is NCC[C](O)P(=O)(O)O. The third kappa shape index (κ3) is 3.61. The summed E-state index contributed by atoms with van der Waals surface area (Å²) in [5.41, 5.74) is 4.90. The van der Waals surface area contributed by atoms with Gasteiger partial charge in [0.05, 0.1) is 0 Å². The Morgan fingerprint density at radius 2 is 2.00 bits per heavy atom. The third-order valence-corrected chi connectivity index (χ3v) is 1.60. The van der Waals surface area contributed by atoms with E-state index < -0.39 is 13.4 Å². The molecule has 0 aromatic carbocycles. The molecular weight excluding hydrogens is 145 g/mol. The highest BCUT2D eigenvalue weighted by atomic mass is 31.2. The lowest BCUT2D eigenvalue weighted by molar-refractivity contribution is 0.276. The van der Waals surface area contributed by atoms with Crippen molar-refractivity contribution in [2.45, 2.75) is 6.42 Å². The summed E-state index contributed by atoms with van der Waals surface area (Å²) in [6, 6.07) is 0. The molecule has 0 fully saturated rings. The number of aliphatic hydroxyl groups excluding tert-OH is 1. The highest BCUT2D eigenvalue weighted by Crippen LogP contribution is 2.46. The van der Waals surface area contributed by atoms with Crippen LogP contribution in [0.1, 0.15) is 6.42 Å². The molecule has 5 nitrogen and oxygen atoms in total. The molecule has 0 aliphatic heterocycles. The van der Waals surface area contributed by atoms with E-state index in [1.54, 1.807) is 0 Å². The van der Waals surface area contributed by atoms with E-state index in [1.165, 1.54) is 0 Å². The van der Waals surface area contributed by atoms with Crippen molar-refractivity contribution >= 4 is 7.60 Å². The average molecular weight is 154 g/mol. The molecule has 0 unspecified atom stereocenters. The van der Waals surface area contributed by atoms with Crippen molar-refractivity contribution in [3.63, 3.8) is 0 Å². The van der Waals surface area contributed by atoms with Gasteiger partial charge in [-0.05, 0) is 6.54 Å². The molecule has 0 atom stereocenters. The molecule has 6 heteroatoms. The topological polar surface area (TPSA) is 104 Å². The first-order valence-corrected chi connectivity index (χ1v) is 3.90. The molecule has 0 aliphatic rings. The first kappa shape index (κ1) is 9.07. The molecule has 0 amide bonds. The quantitative estimate of drug-likeness (QED) is 0.405. The zero-order chi connectivity index (χ0) is 7.49. The van der Waals surface area contributed by atoms with Gasteiger partial charge in [-0.3, -0.25) is 4.57 Å². The van der Waals surface area contributed by atoms with Crippen LogP contribution in [0, 0.1) is 5.85 Å². The Kier molecular flexibility index (Phi) is 3.32. The number of hydrogen-bond acceptors (Lipinski definition) is 3. The lowest BCUT2D eigenvalue weighted by Crippen LogP contribution is -2.06. The molecule has 9 heavy (non-hydrogen) atoms. The second-order valence-corrected chi connectivity index (χ2v) is 3.10. The molecule has 55 valence electrons. The zero-order valence-corrected chi connectivity index (χ0v) is 5.58. The van der Waals surface area contributed by atoms with Crippen LogP contribution in [0.25, 0.3) is 0 Å². The Hall–Kier alpha value is 0.0700. The Morgan fingerprint density at radius 3 is 2.11 bits per heavy atom. The Balaban J connectivity index is 3.74. The Morgan fingerprint density at radius 1 is 1.56 bits per heavy atom. The number of rotatable bonds is 3. The third-order valence-electron chi connectivity index (χ3n) is 0.704. The maximum absolute atomic E-state index is 10.1. The molecule has 0 aromatic rings. The van der Waals surface area contributed by atoms with Gasteiger partial charge in [0, 0.05) is 6.42 Å². The monoisotopic (exact) mass is 154 g/mol. The predicted molar refractivity (Wildman–Crippen MR) is 30.9 cm³/mol. The van der Waals surface area contributed by atoms with Gasteiger partial charge in [-0.25, -0.2) is 0 Å². The van der Waals surface area contributed by atoms with Gasteiger partial charge in [-0.15, -0.1) is 0 Å². The van der Waals surface area contributed by atoms with Crippen molar-refractivity contribution in [3.8, 4) is 0 Å². The van der Waals surface area contributed by atoms with E-state index in [9.17, 15) is 4.57 Å². The zero-order valence-electron chi connectivity index (χ0n) is 4.69. The second kappa shape index (κ2) is 3.29. The van der Waals surface area contributed by atoms with Crippen LogP contribution in [-0.4, -0.2) is 21.4 Å². The molecule has 0 aromatic heterocycles. The van der Waals surface area contributed by atoms with Crippen molar-refractivity contribution in [2.75, 3.05) is 6.54 Å². The van der Waals surface area contributed by atoms with Gasteiger partial charge < -0.3 is 20.6 Å². The second-order valence-electron chi connectivity index (χ2n) is 1.50. The first-order chi connectivity index (χ1) is 3.98. The van der Waals surface area contributed by atoms with Gasteiger partial charge >= 0.3 is 7.60 Å². The van der Waals surface area contributed by atoms with E-state index in [0.29, 0.717) is 0 Å². The van der Waals surface area contributed by atoms with Crippen molar-refractivity contribution in [1.29, 1.82) is 0 Å². The van der Waals surface area contributed by atoms with Crippen LogP contribution >= 0.6 is 7.60 Å². The highest BCUT2D eigenvalue weighted by Gasteiger charge is 2.26. The molecule has 0 rings (SSSR count). The summed E-state index contributed by atoms with van der Waals surface area (Å²) in [6.45, 7) is 0.0386. The summed E-state index contributed by atoms with van der Waals surface area (Å²) in [5, 5.41) is 8.46. The first-order valence-electron chi connectivity index (χ1n) is 2.29. The Labute approximate surface area is 52.7 Å². The fourth-order valence-corrected chi connectivity index (χ4v) is 0.695. The molecule has 5 N–H and O–H groups in total. The smallest absolute Gasteiger partial charge is 0.360 e. The lowest BCUT2D eigenvalue weighted by Gasteiger charge is -2.07. The van der Waals surface area contributed by atoms with E-state index in [-0.39, 0.29) is 13.0 Å². The van der Waals surface area contributed by atoms with Crippen molar-refractivity contribution in [1.82, 2.24) is 0 Å². The average Bonchev–Trinajstić information content (AvgIpc) is 1.64. The molecule has 0 bridgehead atoms. The molecule has 0 aliphatic carbocycles. The fourth-order valence-electron chi connectivity index (χ4n) is 0.275. The van der Waals surface area contributed by atoms with E-state index in [1.807, 2.05) is 0 Å². The van der Waals surface area contributed by atoms with Gasteiger partial charge in [0.15, 0.2) is 0 Å². The van der Waals surface area contributed by atoms with Crippen LogP contribution in [0.5, 0.6) is 0 Å². The summed E-state index contributed by atoms with van der Waals surface area (Å²) < 4.78 is 10.1. The minimum Gasteiger partial charge on any atom is -0.375 e. The summed E-state index contributed by atoms with van der Waals surface area (Å²) in [7, 11) is -4.38. The van der Waals surface area contributed by atoms with Crippen LogP contribution in [-0.2, 0) is 4.57 Å². The summed E-state index contributed by atoms with van der Waals surface area (Å²) in [5.74, 6) is -0.843. The summed E-state index contributed by atoms with van der Waals surface area (Å²) in [4.78, 5) is 16.4. The van der Waals surface area contributed by atoms with E-state index in [4.69, 9.17) is 20.6 Å². The Bertz CT molecular complexity index is 121. The van der Waals surface area contributed by atoms with Gasteiger partial charge in [0.25, 0.3) is 0 Å². The fraction of sp³-hybridized carbons (Fsp3) is 0.667. The lowest BCUT2D eigenvalue weighted by atomic mass is 10.5. The molecule has 0 spiro atoms. The molecular formula is C3H9NO4P. The van der Waals surface area contributed by atoms with Gasteiger partial charge in [-0.2, -0.15) is 0 Å².